The van der Waals surface area contributed by atoms with E-state index in [1.54, 1.807) is 11.4 Å². The molecule has 4 nitrogen and oxygen atoms in total. The molecule has 0 saturated carbocycles. The normalized spacial score (nSPS) is 15.3. The first-order valence-corrected chi connectivity index (χ1v) is 4.69. The van der Waals surface area contributed by atoms with Gasteiger partial charge in [0, 0.05) is 0 Å². The summed E-state index contributed by atoms with van der Waals surface area (Å²) < 4.78 is 0. The molecule has 2 unspecified atom stereocenters. The lowest BCUT2D eigenvalue weighted by molar-refractivity contribution is -0.141. The Kier molecular flexibility index (Phi) is 3.27. The summed E-state index contributed by atoms with van der Waals surface area (Å²) in [5.74, 6) is -1.25. The average Bonchev–Trinajstić information content (AvgIpc) is 2.48. The lowest BCUT2D eigenvalue weighted by atomic mass is 10.1. The second kappa shape index (κ2) is 4.06. The van der Waals surface area contributed by atoms with E-state index in [9.17, 15) is 9.90 Å². The summed E-state index contributed by atoms with van der Waals surface area (Å²) in [6.07, 6.45) is -1.25. The van der Waals surface area contributed by atoms with Crippen molar-refractivity contribution in [3.05, 3.63) is 21.3 Å². The van der Waals surface area contributed by atoms with E-state index < -0.39 is 18.1 Å². The van der Waals surface area contributed by atoms with Crippen LogP contribution in [0, 0.1) is 0 Å². The van der Waals surface area contributed by atoms with Gasteiger partial charge in [0.15, 0.2) is 0 Å². The van der Waals surface area contributed by atoms with Crippen LogP contribution < -0.4 is 5.73 Å². The first kappa shape index (κ1) is 10.5. The van der Waals surface area contributed by atoms with Gasteiger partial charge in [-0.2, -0.15) is 0 Å². The zero-order valence-electron chi connectivity index (χ0n) is 6.48. The van der Waals surface area contributed by atoms with Crippen LogP contribution in [-0.2, 0) is 4.79 Å². The van der Waals surface area contributed by atoms with Crippen LogP contribution in [0.4, 0.5) is 0 Å². The van der Waals surface area contributed by atoms with Crippen LogP contribution in [0.25, 0.3) is 0 Å². The fourth-order valence-corrected chi connectivity index (χ4v) is 2.02. The van der Waals surface area contributed by atoms with Crippen molar-refractivity contribution < 1.29 is 15.0 Å². The molecule has 0 aliphatic carbocycles. The predicted molar refractivity (Wildman–Crippen MR) is 49.9 cm³/mol. The number of hydrogen-bond donors (Lipinski definition) is 3. The summed E-state index contributed by atoms with van der Waals surface area (Å²) in [4.78, 5) is 10.8. The Bertz CT molecular complexity index is 314. The van der Waals surface area contributed by atoms with E-state index in [4.69, 9.17) is 22.4 Å². The maximum Gasteiger partial charge on any atom is 0.323 e. The van der Waals surface area contributed by atoms with E-state index >= 15 is 0 Å². The van der Waals surface area contributed by atoms with Gasteiger partial charge in [-0.15, -0.1) is 11.3 Å². The predicted octanol–water partition coefficient (Wildman–Crippen LogP) is 0.847. The second-order valence-electron chi connectivity index (χ2n) is 2.44. The third kappa shape index (κ3) is 2.19. The largest absolute Gasteiger partial charge is 0.480 e. The molecule has 0 spiro atoms. The Morgan fingerprint density at radius 1 is 1.69 bits per heavy atom. The van der Waals surface area contributed by atoms with Crippen LogP contribution in [-0.4, -0.2) is 22.2 Å². The Hall–Kier alpha value is -0.620. The molecule has 0 bridgehead atoms. The highest BCUT2D eigenvalue weighted by atomic mass is 35.5. The molecule has 1 rings (SSSR count). The summed E-state index contributed by atoms with van der Waals surface area (Å²) in [6.45, 7) is 0. The second-order valence-corrected chi connectivity index (χ2v) is 3.80. The van der Waals surface area contributed by atoms with Gasteiger partial charge >= 0.3 is 5.97 Å². The standard InChI is InChI=1S/C7H8ClNO3S/c8-3-1-2-13-6(3)5(10)4(9)7(11)12/h1-2,4-5,10H,9H2,(H,11,12). The summed E-state index contributed by atoms with van der Waals surface area (Å²) >= 11 is 6.86. The maximum atomic E-state index is 10.4. The van der Waals surface area contributed by atoms with Crippen molar-refractivity contribution in [2.45, 2.75) is 12.1 Å². The molecule has 1 aromatic heterocycles. The van der Waals surface area contributed by atoms with E-state index in [-0.39, 0.29) is 0 Å². The number of aliphatic hydroxyl groups is 1. The first-order valence-electron chi connectivity index (χ1n) is 3.43. The molecule has 0 fully saturated rings. The molecule has 6 heteroatoms. The molecule has 13 heavy (non-hydrogen) atoms. The van der Waals surface area contributed by atoms with E-state index in [2.05, 4.69) is 0 Å². The number of carboxylic acid groups (broad SMARTS) is 1. The number of hydrogen-bond acceptors (Lipinski definition) is 4. The van der Waals surface area contributed by atoms with Gasteiger partial charge in [-0.05, 0) is 11.4 Å². The molecule has 0 aromatic carbocycles. The van der Waals surface area contributed by atoms with E-state index in [0.717, 1.165) is 0 Å². The molecule has 4 N–H and O–H groups in total. The molecule has 0 saturated heterocycles. The van der Waals surface area contributed by atoms with Crippen molar-refractivity contribution in [3.63, 3.8) is 0 Å². The molecule has 0 radical (unpaired) electrons. The quantitative estimate of drug-likeness (QED) is 0.707. The third-order valence-electron chi connectivity index (χ3n) is 1.54. The van der Waals surface area contributed by atoms with Crippen LogP contribution in [0.15, 0.2) is 11.4 Å². The number of carbonyl (C=O) groups is 1. The van der Waals surface area contributed by atoms with Crippen molar-refractivity contribution in [2.75, 3.05) is 0 Å². The van der Waals surface area contributed by atoms with Gasteiger partial charge < -0.3 is 15.9 Å². The summed E-state index contributed by atoms with van der Waals surface area (Å²) in [5, 5.41) is 20.0. The lowest BCUT2D eigenvalue weighted by Crippen LogP contribution is -2.36. The fraction of sp³-hybridized carbons (Fsp3) is 0.286. The minimum absolute atomic E-state index is 0.342. The Balaban J connectivity index is 2.85. The summed E-state index contributed by atoms with van der Waals surface area (Å²) in [5.41, 5.74) is 5.22. The Morgan fingerprint density at radius 2 is 2.31 bits per heavy atom. The van der Waals surface area contributed by atoms with Crippen LogP contribution in [0.5, 0.6) is 0 Å². The summed E-state index contributed by atoms with van der Waals surface area (Å²) in [6, 6.07) is 0.246. The Morgan fingerprint density at radius 3 is 2.69 bits per heavy atom. The van der Waals surface area contributed by atoms with Gasteiger partial charge in [-0.25, -0.2) is 0 Å². The van der Waals surface area contributed by atoms with Gasteiger partial charge in [0.05, 0.1) is 9.90 Å². The van der Waals surface area contributed by atoms with E-state index in [1.807, 2.05) is 0 Å². The molecule has 2 atom stereocenters. The van der Waals surface area contributed by atoms with Crippen molar-refractivity contribution >= 4 is 28.9 Å². The SMILES string of the molecule is NC(C(=O)O)C(O)c1sccc1Cl. The average molecular weight is 222 g/mol. The van der Waals surface area contributed by atoms with Crippen molar-refractivity contribution in [2.24, 2.45) is 5.73 Å². The van der Waals surface area contributed by atoms with Crippen molar-refractivity contribution in [3.8, 4) is 0 Å². The van der Waals surface area contributed by atoms with Gasteiger partial charge in [0.1, 0.15) is 12.1 Å². The third-order valence-corrected chi connectivity index (χ3v) is 2.97. The highest BCUT2D eigenvalue weighted by Crippen LogP contribution is 2.29. The van der Waals surface area contributed by atoms with Gasteiger partial charge in [0.25, 0.3) is 0 Å². The molecule has 0 aliphatic rings. The highest BCUT2D eigenvalue weighted by Gasteiger charge is 2.26. The zero-order chi connectivity index (χ0) is 10.0. The first-order chi connectivity index (χ1) is 6.04. The zero-order valence-corrected chi connectivity index (χ0v) is 8.05. The smallest absolute Gasteiger partial charge is 0.323 e. The van der Waals surface area contributed by atoms with Crippen molar-refractivity contribution in [1.29, 1.82) is 0 Å². The molecule has 72 valence electrons. The van der Waals surface area contributed by atoms with Crippen LogP contribution >= 0.6 is 22.9 Å². The van der Waals surface area contributed by atoms with Crippen molar-refractivity contribution in [1.82, 2.24) is 0 Å². The molecule has 0 amide bonds. The summed E-state index contributed by atoms with van der Waals surface area (Å²) in [7, 11) is 0. The molecule has 0 aliphatic heterocycles. The molecule has 1 aromatic rings. The van der Waals surface area contributed by atoms with Crippen LogP contribution in [0.2, 0.25) is 5.02 Å². The molecular weight excluding hydrogens is 214 g/mol. The minimum Gasteiger partial charge on any atom is -0.480 e. The molecule has 1 heterocycles. The van der Waals surface area contributed by atoms with Crippen LogP contribution in [0.3, 0.4) is 0 Å². The van der Waals surface area contributed by atoms with Crippen LogP contribution in [0.1, 0.15) is 11.0 Å². The maximum absolute atomic E-state index is 10.4. The monoisotopic (exact) mass is 221 g/mol. The van der Waals surface area contributed by atoms with E-state index in [1.165, 1.54) is 11.3 Å². The van der Waals surface area contributed by atoms with E-state index in [0.29, 0.717) is 9.90 Å². The number of halogens is 1. The number of carboxylic acids is 1. The fourth-order valence-electron chi connectivity index (χ4n) is 0.815. The minimum atomic E-state index is -1.34. The number of aliphatic hydroxyl groups excluding tert-OH is 1. The topological polar surface area (TPSA) is 83.6 Å². The van der Waals surface area contributed by atoms with Gasteiger partial charge in [-0.1, -0.05) is 11.6 Å². The number of aliphatic carboxylic acids is 1. The highest BCUT2D eigenvalue weighted by molar-refractivity contribution is 7.10. The van der Waals surface area contributed by atoms with Gasteiger partial charge in [-0.3, -0.25) is 4.79 Å². The number of thiophene rings is 1. The Labute approximate surface area is 83.6 Å². The van der Waals surface area contributed by atoms with Gasteiger partial charge in [0.2, 0.25) is 0 Å². The molecular formula is C7H8ClNO3S. The lowest BCUT2D eigenvalue weighted by Gasteiger charge is -2.13. The number of nitrogens with two attached hydrogens (primary N) is 1. The number of rotatable bonds is 3.